The molecule has 1 aliphatic heterocycles. The molecule has 28 heavy (non-hydrogen) atoms. The number of H-pyrrole nitrogens is 1. The third kappa shape index (κ3) is 3.22. The van der Waals surface area contributed by atoms with Crippen LogP contribution in [0.4, 0.5) is 11.4 Å². The lowest BCUT2D eigenvalue weighted by atomic mass is 10.1. The van der Waals surface area contributed by atoms with Crippen molar-refractivity contribution in [2.75, 3.05) is 16.8 Å². The van der Waals surface area contributed by atoms with Crippen molar-refractivity contribution in [1.29, 1.82) is 0 Å². The van der Waals surface area contributed by atoms with Gasteiger partial charge in [0.2, 0.25) is 5.91 Å². The first kappa shape index (κ1) is 17.8. The summed E-state index contributed by atoms with van der Waals surface area (Å²) in [6.45, 7) is 1.38. The molecule has 7 heteroatoms. The monoisotopic (exact) mass is 377 g/mol. The van der Waals surface area contributed by atoms with Crippen LogP contribution in [0.2, 0.25) is 0 Å². The smallest absolute Gasteiger partial charge is 0.340 e. The summed E-state index contributed by atoms with van der Waals surface area (Å²) in [6.07, 6.45) is 1.74. The van der Waals surface area contributed by atoms with Gasteiger partial charge in [0.1, 0.15) is 0 Å². The van der Waals surface area contributed by atoms with Gasteiger partial charge in [-0.3, -0.25) is 9.59 Å². The molecule has 0 saturated carbocycles. The number of nitrogens with zero attached hydrogens (tertiary/aromatic N) is 1. The zero-order chi connectivity index (χ0) is 19.7. The molecule has 2 heterocycles. The van der Waals surface area contributed by atoms with Crippen LogP contribution >= 0.6 is 0 Å². The van der Waals surface area contributed by atoms with E-state index in [9.17, 15) is 14.4 Å². The van der Waals surface area contributed by atoms with Gasteiger partial charge in [-0.25, -0.2) is 4.79 Å². The van der Waals surface area contributed by atoms with Gasteiger partial charge in [0.05, 0.1) is 16.9 Å². The van der Waals surface area contributed by atoms with E-state index in [0.29, 0.717) is 16.9 Å². The van der Waals surface area contributed by atoms with Crippen LogP contribution in [-0.4, -0.2) is 35.4 Å². The lowest BCUT2D eigenvalue weighted by Crippen LogP contribution is -2.41. The van der Waals surface area contributed by atoms with Gasteiger partial charge < -0.3 is 19.9 Å². The van der Waals surface area contributed by atoms with Gasteiger partial charge in [0, 0.05) is 29.6 Å². The van der Waals surface area contributed by atoms with Gasteiger partial charge in [-0.15, -0.1) is 0 Å². The summed E-state index contributed by atoms with van der Waals surface area (Å²) in [4.78, 5) is 41.9. The first-order valence-corrected chi connectivity index (χ1v) is 8.99. The molecule has 2 aromatic carbocycles. The van der Waals surface area contributed by atoms with E-state index in [0.717, 1.165) is 10.9 Å². The van der Waals surface area contributed by atoms with E-state index in [1.807, 2.05) is 24.3 Å². The number of nitrogens with one attached hydrogen (secondary N) is 2. The van der Waals surface area contributed by atoms with E-state index in [-0.39, 0.29) is 24.3 Å². The number of aromatic nitrogens is 1. The minimum atomic E-state index is -0.573. The van der Waals surface area contributed by atoms with E-state index in [2.05, 4.69) is 10.3 Å². The Hall–Kier alpha value is -3.61. The molecule has 3 aromatic rings. The van der Waals surface area contributed by atoms with Crippen LogP contribution in [0.3, 0.4) is 0 Å². The number of para-hydroxylation sites is 3. The molecule has 0 radical (unpaired) electrons. The number of hydrogen-bond donors (Lipinski definition) is 2. The van der Waals surface area contributed by atoms with Crippen molar-refractivity contribution >= 4 is 40.1 Å². The predicted molar refractivity (Wildman–Crippen MR) is 105 cm³/mol. The topological polar surface area (TPSA) is 91.5 Å². The van der Waals surface area contributed by atoms with Crippen molar-refractivity contribution in [1.82, 2.24) is 4.98 Å². The maximum Gasteiger partial charge on any atom is 0.340 e. The van der Waals surface area contributed by atoms with Crippen LogP contribution in [-0.2, 0) is 14.3 Å². The van der Waals surface area contributed by atoms with Crippen LogP contribution in [0, 0.1) is 0 Å². The molecule has 2 N–H and O–H groups in total. The molecule has 1 atom stereocenters. The van der Waals surface area contributed by atoms with Crippen molar-refractivity contribution in [3.05, 3.63) is 60.3 Å². The quantitative estimate of drug-likeness (QED) is 0.686. The summed E-state index contributed by atoms with van der Waals surface area (Å²) in [5, 5.41) is 3.54. The molecule has 142 valence electrons. The van der Waals surface area contributed by atoms with Crippen molar-refractivity contribution in [3.63, 3.8) is 0 Å². The summed E-state index contributed by atoms with van der Waals surface area (Å²) in [7, 11) is 0. The van der Waals surface area contributed by atoms with Crippen molar-refractivity contribution in [2.24, 2.45) is 0 Å². The highest BCUT2D eigenvalue weighted by Crippen LogP contribution is 2.31. The molecular weight excluding hydrogens is 358 g/mol. The SMILES string of the molecule is C[C@H]1CC(=O)Nc2ccccc2N1C(=O)COC(=O)c1c[nH]c2ccccc12. The summed E-state index contributed by atoms with van der Waals surface area (Å²) < 4.78 is 5.29. The van der Waals surface area contributed by atoms with Gasteiger partial charge >= 0.3 is 5.97 Å². The fraction of sp³-hybridized carbons (Fsp3) is 0.190. The Bertz CT molecular complexity index is 1070. The highest BCUT2D eigenvalue weighted by atomic mass is 16.5. The average Bonchev–Trinajstić information content (AvgIpc) is 3.06. The van der Waals surface area contributed by atoms with Crippen LogP contribution < -0.4 is 10.2 Å². The number of carbonyl (C=O) groups is 3. The van der Waals surface area contributed by atoms with Gasteiger partial charge in [-0.1, -0.05) is 30.3 Å². The third-order valence-electron chi connectivity index (χ3n) is 4.76. The Labute approximate surface area is 161 Å². The number of benzene rings is 2. The standard InChI is InChI=1S/C21H19N3O4/c1-13-10-19(25)23-17-8-4-5-9-18(17)24(13)20(26)12-28-21(27)15-11-22-16-7-3-2-6-14(15)16/h2-9,11,13,22H,10,12H2,1H3,(H,23,25)/t13-/m0/s1. The molecule has 0 bridgehead atoms. The average molecular weight is 377 g/mol. The van der Waals surface area contributed by atoms with Gasteiger partial charge in [0.15, 0.2) is 6.61 Å². The molecule has 4 rings (SSSR count). The minimum Gasteiger partial charge on any atom is -0.452 e. The molecule has 0 saturated heterocycles. The van der Waals surface area contributed by atoms with Gasteiger partial charge in [-0.2, -0.15) is 0 Å². The summed E-state index contributed by atoms with van der Waals surface area (Å²) in [5.74, 6) is -1.12. The highest BCUT2D eigenvalue weighted by Gasteiger charge is 2.30. The Morgan fingerprint density at radius 3 is 2.75 bits per heavy atom. The number of ether oxygens (including phenoxy) is 1. The Morgan fingerprint density at radius 1 is 1.14 bits per heavy atom. The first-order valence-electron chi connectivity index (χ1n) is 8.99. The minimum absolute atomic E-state index is 0.161. The normalized spacial score (nSPS) is 16.2. The number of anilines is 2. The molecular formula is C21H19N3O4. The molecule has 1 aromatic heterocycles. The van der Waals surface area contributed by atoms with Crippen LogP contribution in [0.15, 0.2) is 54.7 Å². The summed E-state index contributed by atoms with van der Waals surface area (Å²) in [5.41, 5.74) is 2.35. The Balaban J connectivity index is 1.53. The van der Waals surface area contributed by atoms with Crippen molar-refractivity contribution in [3.8, 4) is 0 Å². The van der Waals surface area contributed by atoms with Crippen LogP contribution in [0.1, 0.15) is 23.7 Å². The Morgan fingerprint density at radius 2 is 1.89 bits per heavy atom. The van der Waals surface area contributed by atoms with Crippen LogP contribution in [0.25, 0.3) is 10.9 Å². The fourth-order valence-electron chi connectivity index (χ4n) is 3.48. The van der Waals surface area contributed by atoms with E-state index in [4.69, 9.17) is 4.74 Å². The third-order valence-corrected chi connectivity index (χ3v) is 4.76. The molecule has 2 amide bonds. The lowest BCUT2D eigenvalue weighted by Gasteiger charge is -2.27. The molecule has 0 fully saturated rings. The second-order valence-electron chi connectivity index (χ2n) is 6.71. The number of aromatic amines is 1. The second kappa shape index (κ2) is 7.19. The number of hydrogen-bond acceptors (Lipinski definition) is 4. The van der Waals surface area contributed by atoms with Crippen molar-refractivity contribution in [2.45, 2.75) is 19.4 Å². The van der Waals surface area contributed by atoms with Crippen molar-refractivity contribution < 1.29 is 19.1 Å². The number of esters is 1. The maximum atomic E-state index is 12.9. The number of amides is 2. The molecule has 7 nitrogen and oxygen atoms in total. The summed E-state index contributed by atoms with van der Waals surface area (Å²) >= 11 is 0. The number of fused-ring (bicyclic) bond motifs is 2. The predicted octanol–water partition coefficient (Wildman–Crippen LogP) is 3.09. The van der Waals surface area contributed by atoms with E-state index >= 15 is 0 Å². The number of rotatable bonds is 3. The summed E-state index contributed by atoms with van der Waals surface area (Å²) in [6, 6.07) is 14.1. The molecule has 1 aliphatic rings. The highest BCUT2D eigenvalue weighted by molar-refractivity contribution is 6.07. The maximum absolute atomic E-state index is 12.9. The molecule has 0 aliphatic carbocycles. The largest absolute Gasteiger partial charge is 0.452 e. The zero-order valence-corrected chi connectivity index (χ0v) is 15.3. The molecule has 0 unspecified atom stereocenters. The lowest BCUT2D eigenvalue weighted by molar-refractivity contribution is -0.122. The molecule has 0 spiro atoms. The van der Waals surface area contributed by atoms with E-state index in [1.165, 1.54) is 4.90 Å². The van der Waals surface area contributed by atoms with E-state index < -0.39 is 12.6 Å². The number of carbonyl (C=O) groups excluding carboxylic acids is 3. The first-order chi connectivity index (χ1) is 13.5. The Kier molecular flexibility index (Phi) is 4.57. The van der Waals surface area contributed by atoms with Crippen LogP contribution in [0.5, 0.6) is 0 Å². The van der Waals surface area contributed by atoms with Gasteiger partial charge in [0.25, 0.3) is 5.91 Å². The van der Waals surface area contributed by atoms with E-state index in [1.54, 1.807) is 37.4 Å². The second-order valence-corrected chi connectivity index (χ2v) is 6.71. The zero-order valence-electron chi connectivity index (χ0n) is 15.3. The fourth-order valence-corrected chi connectivity index (χ4v) is 3.48. The van der Waals surface area contributed by atoms with Gasteiger partial charge in [-0.05, 0) is 25.1 Å².